The zero-order valence-electron chi connectivity index (χ0n) is 12.0. The Hall–Kier alpha value is -0.380. The molecule has 4 nitrogen and oxygen atoms in total. The van der Waals surface area contributed by atoms with E-state index in [1.807, 2.05) is 18.2 Å². The largest absolute Gasteiger partial charge is 1.00 e. The minimum Gasteiger partial charge on any atom is -1.00 e. The van der Waals surface area contributed by atoms with E-state index in [0.717, 1.165) is 5.76 Å². The molecule has 1 aromatic heterocycles. The van der Waals surface area contributed by atoms with Crippen LogP contribution in [0.2, 0.25) is 0 Å². The standard InChI is InChI=1S/C12H23N3OP.ClH/c1-13(2)17(14(3)4,15(5)6)11-9-12-8-7-10-16-12;/h7-11H,1-6H3;1H/q+1;/p-1/b11-9+;. The van der Waals surface area contributed by atoms with Gasteiger partial charge in [-0.15, -0.1) is 0 Å². The van der Waals surface area contributed by atoms with Crippen LogP contribution < -0.4 is 12.4 Å². The predicted molar refractivity (Wildman–Crippen MR) is 75.7 cm³/mol. The van der Waals surface area contributed by atoms with Gasteiger partial charge in [0.2, 0.25) is 0 Å². The van der Waals surface area contributed by atoms with Gasteiger partial charge in [0, 0.05) is 48.4 Å². The van der Waals surface area contributed by atoms with Gasteiger partial charge >= 0.3 is 0 Å². The number of furan rings is 1. The van der Waals surface area contributed by atoms with Gasteiger partial charge in [-0.05, 0) is 12.1 Å². The van der Waals surface area contributed by atoms with E-state index in [4.69, 9.17) is 4.42 Å². The summed E-state index contributed by atoms with van der Waals surface area (Å²) in [4.78, 5) is 0. The summed E-state index contributed by atoms with van der Waals surface area (Å²) in [6.45, 7) is 0. The van der Waals surface area contributed by atoms with Crippen LogP contribution in [0.4, 0.5) is 0 Å². The van der Waals surface area contributed by atoms with Crippen molar-refractivity contribution in [3.8, 4) is 0 Å². The average molecular weight is 292 g/mol. The molecule has 0 aliphatic heterocycles. The molecular weight excluding hydrogens is 269 g/mol. The van der Waals surface area contributed by atoms with Crippen LogP contribution in [0.15, 0.2) is 28.6 Å². The Morgan fingerprint density at radius 1 is 1.00 bits per heavy atom. The molecule has 0 N–H and O–H groups in total. The zero-order valence-corrected chi connectivity index (χ0v) is 13.6. The van der Waals surface area contributed by atoms with Gasteiger partial charge in [-0.25, -0.2) is 0 Å². The van der Waals surface area contributed by atoms with Gasteiger partial charge in [0.1, 0.15) is 11.6 Å². The highest BCUT2D eigenvalue weighted by molar-refractivity contribution is 7.72. The fourth-order valence-electron chi connectivity index (χ4n) is 2.03. The molecular formula is C12H23ClN3OP. The van der Waals surface area contributed by atoms with Crippen molar-refractivity contribution in [3.05, 3.63) is 30.0 Å². The molecule has 1 aromatic rings. The molecule has 0 aromatic carbocycles. The lowest BCUT2D eigenvalue weighted by Gasteiger charge is -2.37. The van der Waals surface area contributed by atoms with Crippen LogP contribution in [-0.4, -0.2) is 56.3 Å². The van der Waals surface area contributed by atoms with Crippen molar-refractivity contribution >= 4 is 13.8 Å². The van der Waals surface area contributed by atoms with Crippen molar-refractivity contribution in [2.45, 2.75) is 0 Å². The molecule has 1 heterocycles. The molecule has 0 fully saturated rings. The number of hydrogen-bond donors (Lipinski definition) is 0. The van der Waals surface area contributed by atoms with E-state index in [0.29, 0.717) is 0 Å². The summed E-state index contributed by atoms with van der Waals surface area (Å²) >= 11 is 0. The summed E-state index contributed by atoms with van der Waals surface area (Å²) in [6.07, 6.45) is 3.74. The SMILES string of the molecule is CN(C)[P+](/C=C/c1ccco1)(N(C)C)N(C)C.[Cl-]. The summed E-state index contributed by atoms with van der Waals surface area (Å²) in [6, 6.07) is 3.87. The summed E-state index contributed by atoms with van der Waals surface area (Å²) in [5.74, 6) is 3.13. The van der Waals surface area contributed by atoms with Crippen LogP contribution in [0.5, 0.6) is 0 Å². The predicted octanol–water partition coefficient (Wildman–Crippen LogP) is -0.298. The van der Waals surface area contributed by atoms with Gasteiger partial charge in [0.25, 0.3) is 7.71 Å². The lowest BCUT2D eigenvalue weighted by Crippen LogP contribution is -3.00. The Kier molecular flexibility index (Phi) is 7.11. The maximum atomic E-state index is 5.34. The highest BCUT2D eigenvalue weighted by Crippen LogP contribution is 2.65. The van der Waals surface area contributed by atoms with Crippen molar-refractivity contribution in [1.29, 1.82) is 0 Å². The van der Waals surface area contributed by atoms with Crippen LogP contribution in [0, 0.1) is 0 Å². The Balaban J connectivity index is 0.00000289. The molecule has 0 spiro atoms. The molecule has 0 aliphatic carbocycles. The summed E-state index contributed by atoms with van der Waals surface area (Å²) in [7, 11) is 11.1. The maximum Gasteiger partial charge on any atom is 0.253 e. The number of rotatable bonds is 5. The molecule has 1 rings (SSSR count). The Morgan fingerprint density at radius 2 is 1.50 bits per heavy atom. The van der Waals surface area contributed by atoms with Crippen LogP contribution in [0.1, 0.15) is 5.76 Å². The summed E-state index contributed by atoms with van der Waals surface area (Å²) in [5, 5.41) is 0. The van der Waals surface area contributed by atoms with Gasteiger partial charge in [-0.3, -0.25) is 0 Å². The van der Waals surface area contributed by atoms with E-state index in [9.17, 15) is 0 Å². The first-order chi connectivity index (χ1) is 7.91. The molecule has 18 heavy (non-hydrogen) atoms. The fraction of sp³-hybridized carbons (Fsp3) is 0.500. The second kappa shape index (κ2) is 7.27. The molecule has 6 heteroatoms. The molecule has 0 atom stereocenters. The van der Waals surface area contributed by atoms with E-state index in [-0.39, 0.29) is 12.4 Å². The molecule has 0 aliphatic rings. The van der Waals surface area contributed by atoms with Crippen molar-refractivity contribution in [2.24, 2.45) is 0 Å². The second-order valence-corrected chi connectivity index (χ2v) is 8.42. The molecule has 0 bridgehead atoms. The Labute approximate surface area is 117 Å². The van der Waals surface area contributed by atoms with Crippen molar-refractivity contribution in [2.75, 3.05) is 42.3 Å². The normalized spacial score (nSPS) is 12.7. The maximum absolute atomic E-state index is 5.34. The fourth-order valence-corrected chi connectivity index (χ4v) is 5.33. The van der Waals surface area contributed by atoms with E-state index >= 15 is 0 Å². The second-order valence-electron chi connectivity index (χ2n) is 4.49. The molecule has 104 valence electrons. The summed E-state index contributed by atoms with van der Waals surface area (Å²) in [5.41, 5.74) is 0. The quantitative estimate of drug-likeness (QED) is 0.695. The van der Waals surface area contributed by atoms with E-state index < -0.39 is 7.71 Å². The average Bonchev–Trinajstić information content (AvgIpc) is 2.69. The first kappa shape index (κ1) is 17.6. The third-order valence-corrected chi connectivity index (χ3v) is 6.83. The third kappa shape index (κ3) is 3.56. The van der Waals surface area contributed by atoms with Crippen LogP contribution in [-0.2, 0) is 0 Å². The molecule has 0 saturated heterocycles. The van der Waals surface area contributed by atoms with Crippen LogP contribution >= 0.6 is 7.71 Å². The van der Waals surface area contributed by atoms with Crippen molar-refractivity contribution in [3.63, 3.8) is 0 Å². The minimum atomic E-state index is -1.59. The first-order valence-corrected chi connectivity index (χ1v) is 7.28. The van der Waals surface area contributed by atoms with Gasteiger partial charge in [-0.1, -0.05) is 0 Å². The Bertz CT molecular complexity index is 342. The number of hydrogen-bond acceptors (Lipinski definition) is 4. The molecule has 0 saturated carbocycles. The topological polar surface area (TPSA) is 22.9 Å². The van der Waals surface area contributed by atoms with E-state index in [2.05, 4.69) is 62.1 Å². The molecule has 0 radical (unpaired) electrons. The smallest absolute Gasteiger partial charge is 0.253 e. The third-order valence-electron chi connectivity index (χ3n) is 2.75. The van der Waals surface area contributed by atoms with Crippen LogP contribution in [0.3, 0.4) is 0 Å². The van der Waals surface area contributed by atoms with Crippen molar-refractivity contribution in [1.82, 2.24) is 14.0 Å². The summed E-state index contributed by atoms with van der Waals surface area (Å²) < 4.78 is 12.2. The highest BCUT2D eigenvalue weighted by atomic mass is 35.5. The van der Waals surface area contributed by atoms with Gasteiger partial charge in [0.05, 0.1) is 6.26 Å². The zero-order chi connectivity index (χ0) is 13.1. The van der Waals surface area contributed by atoms with Crippen LogP contribution in [0.25, 0.3) is 6.08 Å². The minimum absolute atomic E-state index is 0. The number of nitrogens with zero attached hydrogens (tertiary/aromatic N) is 3. The molecule has 0 unspecified atom stereocenters. The van der Waals surface area contributed by atoms with Gasteiger partial charge < -0.3 is 16.8 Å². The monoisotopic (exact) mass is 291 g/mol. The van der Waals surface area contributed by atoms with Gasteiger partial charge in [0.15, 0.2) is 0 Å². The lowest BCUT2D eigenvalue weighted by molar-refractivity contribution is -0.00000422. The number of halogens is 1. The highest BCUT2D eigenvalue weighted by Gasteiger charge is 2.45. The first-order valence-electron chi connectivity index (χ1n) is 5.56. The lowest BCUT2D eigenvalue weighted by atomic mass is 10.5. The molecule has 0 amide bonds. The van der Waals surface area contributed by atoms with E-state index in [1.165, 1.54) is 0 Å². The Morgan fingerprint density at radius 3 is 1.83 bits per heavy atom. The van der Waals surface area contributed by atoms with Gasteiger partial charge in [-0.2, -0.15) is 14.0 Å². The van der Waals surface area contributed by atoms with E-state index in [1.54, 1.807) is 6.26 Å². The van der Waals surface area contributed by atoms with Crippen molar-refractivity contribution < 1.29 is 16.8 Å².